The second-order valence-corrected chi connectivity index (χ2v) is 5.28. The number of nitrogens with zero attached hydrogens (tertiary/aromatic N) is 1. The van der Waals surface area contributed by atoms with Crippen LogP contribution in [0.25, 0.3) is 0 Å². The lowest BCUT2D eigenvalue weighted by atomic mass is 10.2. The molecule has 0 aromatic carbocycles. The molecule has 0 N–H and O–H groups in total. The van der Waals surface area contributed by atoms with Crippen LogP contribution in [-0.2, 0) is 0 Å². The van der Waals surface area contributed by atoms with Crippen LogP contribution < -0.4 is 17.0 Å². The summed E-state index contributed by atoms with van der Waals surface area (Å²) in [5.41, 5.74) is 0. The first-order chi connectivity index (χ1) is 6.12. The van der Waals surface area contributed by atoms with Gasteiger partial charge in [-0.1, -0.05) is 35.7 Å². The van der Waals surface area contributed by atoms with Crippen LogP contribution in [0.5, 0.6) is 0 Å². The molecule has 0 spiro atoms. The quantitative estimate of drug-likeness (QED) is 0.344. The Morgan fingerprint density at radius 2 is 1.50 bits per heavy atom. The molecule has 0 saturated heterocycles. The van der Waals surface area contributed by atoms with Gasteiger partial charge < -0.3 is 21.5 Å². The van der Waals surface area contributed by atoms with Gasteiger partial charge in [0.05, 0.1) is 27.2 Å². The molecular formula is C11H25Br2N. The molecule has 1 nitrogen and oxygen atoms in total. The van der Waals surface area contributed by atoms with Crippen LogP contribution in [0.2, 0.25) is 0 Å². The molecule has 0 aromatic heterocycles. The molecule has 14 heavy (non-hydrogen) atoms. The Hall–Kier alpha value is 0.920. The molecule has 0 fully saturated rings. The van der Waals surface area contributed by atoms with E-state index in [4.69, 9.17) is 0 Å². The maximum atomic E-state index is 3.49. The normalized spacial score (nSPS) is 11.1. The summed E-state index contributed by atoms with van der Waals surface area (Å²) in [4.78, 5) is 0. The molecule has 0 bridgehead atoms. The predicted molar refractivity (Wildman–Crippen MR) is 64.4 cm³/mol. The number of quaternary nitrogens is 1. The predicted octanol–water partition coefficient (Wildman–Crippen LogP) is 0.432. The lowest BCUT2D eigenvalue weighted by Crippen LogP contribution is -3.00. The van der Waals surface area contributed by atoms with Crippen molar-refractivity contribution >= 4 is 15.9 Å². The van der Waals surface area contributed by atoms with Gasteiger partial charge in [0.1, 0.15) is 0 Å². The van der Waals surface area contributed by atoms with Crippen LogP contribution in [0, 0.1) is 0 Å². The number of alkyl halides is 1. The molecule has 0 radical (unpaired) electrons. The van der Waals surface area contributed by atoms with Crippen molar-refractivity contribution in [3.8, 4) is 0 Å². The van der Waals surface area contributed by atoms with Gasteiger partial charge in [-0.15, -0.1) is 0 Å². The molecule has 3 heteroatoms. The van der Waals surface area contributed by atoms with Crippen LogP contribution in [0.1, 0.15) is 39.0 Å². The van der Waals surface area contributed by atoms with E-state index in [1.807, 2.05) is 0 Å². The van der Waals surface area contributed by atoms with E-state index in [2.05, 4.69) is 36.9 Å². The van der Waals surface area contributed by atoms with Crippen molar-refractivity contribution in [1.29, 1.82) is 0 Å². The molecule has 0 aliphatic heterocycles. The van der Waals surface area contributed by atoms with Crippen molar-refractivity contribution in [2.24, 2.45) is 0 Å². The van der Waals surface area contributed by atoms with Crippen molar-refractivity contribution in [1.82, 2.24) is 0 Å². The molecule has 88 valence electrons. The van der Waals surface area contributed by atoms with Crippen LogP contribution in [0.4, 0.5) is 0 Å². The third kappa shape index (κ3) is 11.0. The zero-order chi connectivity index (χ0) is 10.2. The molecule has 0 rings (SSSR count). The lowest BCUT2D eigenvalue weighted by molar-refractivity contribution is -0.890. The minimum Gasteiger partial charge on any atom is -1.00 e. The lowest BCUT2D eigenvalue weighted by Gasteiger charge is -2.29. The van der Waals surface area contributed by atoms with E-state index in [0.29, 0.717) is 0 Å². The highest BCUT2D eigenvalue weighted by Crippen LogP contribution is 2.06. The highest BCUT2D eigenvalue weighted by molar-refractivity contribution is 9.09. The second-order valence-electron chi connectivity index (χ2n) is 4.49. The number of hydrogen-bond acceptors (Lipinski definition) is 0. The second kappa shape index (κ2) is 10.4. The maximum absolute atomic E-state index is 3.49. The van der Waals surface area contributed by atoms with Gasteiger partial charge in [-0.3, -0.25) is 0 Å². The minimum atomic E-state index is 0. The molecule has 0 aliphatic carbocycles. The number of halogens is 2. The van der Waals surface area contributed by atoms with E-state index in [1.54, 1.807) is 0 Å². The summed E-state index contributed by atoms with van der Waals surface area (Å²) in [5.74, 6) is 0. The fourth-order valence-electron chi connectivity index (χ4n) is 1.57. The summed E-state index contributed by atoms with van der Waals surface area (Å²) in [6, 6.07) is 0. The molecule has 0 heterocycles. The number of hydrogen-bond donors (Lipinski definition) is 0. The van der Waals surface area contributed by atoms with E-state index >= 15 is 0 Å². The smallest absolute Gasteiger partial charge is 0.0790 e. The zero-order valence-corrected chi connectivity index (χ0v) is 13.0. The monoisotopic (exact) mass is 329 g/mol. The average Bonchev–Trinajstić information content (AvgIpc) is 2.09. The van der Waals surface area contributed by atoms with Gasteiger partial charge in [0.15, 0.2) is 0 Å². The van der Waals surface area contributed by atoms with Gasteiger partial charge in [0, 0.05) is 11.8 Å². The Balaban J connectivity index is 0. The summed E-state index contributed by atoms with van der Waals surface area (Å²) in [6.07, 6.45) is 6.84. The Bertz CT molecular complexity index is 116. The fraction of sp³-hybridized carbons (Fsp3) is 1.00. The molecular weight excluding hydrogens is 306 g/mol. The minimum absolute atomic E-state index is 0. The van der Waals surface area contributed by atoms with Gasteiger partial charge in [-0.2, -0.15) is 0 Å². The van der Waals surface area contributed by atoms with Crippen molar-refractivity contribution in [3.63, 3.8) is 0 Å². The molecule has 0 saturated carbocycles. The summed E-state index contributed by atoms with van der Waals surface area (Å²) in [7, 11) is 4.68. The Labute approximate surface area is 109 Å². The van der Waals surface area contributed by atoms with Crippen molar-refractivity contribution in [2.75, 3.05) is 32.5 Å². The zero-order valence-electron chi connectivity index (χ0n) is 9.86. The highest BCUT2D eigenvalue weighted by atomic mass is 79.9. The van der Waals surface area contributed by atoms with Crippen LogP contribution in [0.3, 0.4) is 0 Å². The number of unbranched alkanes of at least 4 members (excludes halogenated alkanes) is 3. The Kier molecular flexibility index (Phi) is 12.9. The van der Waals surface area contributed by atoms with Gasteiger partial charge in [0.25, 0.3) is 0 Å². The fourth-order valence-corrected chi connectivity index (χ4v) is 1.82. The first-order valence-electron chi connectivity index (χ1n) is 5.50. The molecule has 0 aromatic rings. The highest BCUT2D eigenvalue weighted by Gasteiger charge is 2.12. The molecule has 0 unspecified atom stereocenters. The first-order valence-corrected chi connectivity index (χ1v) is 6.62. The van der Waals surface area contributed by atoms with Gasteiger partial charge >= 0.3 is 0 Å². The third-order valence-electron chi connectivity index (χ3n) is 2.51. The molecule has 0 amide bonds. The first kappa shape index (κ1) is 17.3. The van der Waals surface area contributed by atoms with E-state index in [-0.39, 0.29) is 17.0 Å². The van der Waals surface area contributed by atoms with E-state index < -0.39 is 0 Å². The van der Waals surface area contributed by atoms with Crippen LogP contribution in [0.15, 0.2) is 0 Å². The van der Waals surface area contributed by atoms with Gasteiger partial charge in [-0.05, 0) is 12.8 Å². The number of rotatable bonds is 8. The summed E-state index contributed by atoms with van der Waals surface area (Å²) < 4.78 is 1.19. The van der Waals surface area contributed by atoms with Gasteiger partial charge in [0.2, 0.25) is 0 Å². The van der Waals surface area contributed by atoms with E-state index in [9.17, 15) is 0 Å². The average molecular weight is 331 g/mol. The van der Waals surface area contributed by atoms with Crippen molar-refractivity contribution < 1.29 is 21.5 Å². The summed E-state index contributed by atoms with van der Waals surface area (Å²) in [6.45, 7) is 4.91. The largest absolute Gasteiger partial charge is 1.00 e. The third-order valence-corrected chi connectivity index (χ3v) is 3.07. The van der Waals surface area contributed by atoms with Gasteiger partial charge in [-0.25, -0.2) is 0 Å². The van der Waals surface area contributed by atoms with E-state index in [0.717, 1.165) is 5.33 Å². The maximum Gasteiger partial charge on any atom is 0.0790 e. The van der Waals surface area contributed by atoms with Crippen molar-refractivity contribution in [2.45, 2.75) is 39.0 Å². The topological polar surface area (TPSA) is 0 Å². The Morgan fingerprint density at radius 1 is 0.929 bits per heavy atom. The Morgan fingerprint density at radius 3 is 2.00 bits per heavy atom. The summed E-state index contributed by atoms with van der Waals surface area (Å²) >= 11 is 3.49. The van der Waals surface area contributed by atoms with E-state index in [1.165, 1.54) is 49.7 Å². The van der Waals surface area contributed by atoms with Crippen LogP contribution >= 0.6 is 15.9 Å². The summed E-state index contributed by atoms with van der Waals surface area (Å²) in [5, 5.41) is 1.14. The molecule has 0 aliphatic rings. The van der Waals surface area contributed by atoms with Crippen molar-refractivity contribution in [3.05, 3.63) is 0 Å². The standard InChI is InChI=1S/C11H25BrN.BrH/c1-4-5-6-7-10-13(2,3)11-8-9-12;/h4-11H2,1-3H3;1H/q+1;/p-1. The van der Waals surface area contributed by atoms with Crippen LogP contribution in [-0.4, -0.2) is 37.0 Å². The SMILES string of the molecule is CCCCCC[N+](C)(C)CCCBr.[Br-]. The molecule has 0 atom stereocenters.